The van der Waals surface area contributed by atoms with Crippen molar-refractivity contribution in [2.75, 3.05) is 12.4 Å². The van der Waals surface area contributed by atoms with E-state index in [1.807, 2.05) is 17.5 Å². The molecule has 0 aliphatic rings. The van der Waals surface area contributed by atoms with Gasteiger partial charge in [-0.2, -0.15) is 5.26 Å². The zero-order valence-corrected chi connectivity index (χ0v) is 14.7. The molecule has 25 heavy (non-hydrogen) atoms. The Bertz CT molecular complexity index is 961. The summed E-state index contributed by atoms with van der Waals surface area (Å²) in [6.07, 6.45) is 0. The molecule has 3 aromatic rings. The lowest BCUT2D eigenvalue weighted by Gasteiger charge is -2.04. The lowest BCUT2D eigenvalue weighted by atomic mass is 10.1. The van der Waals surface area contributed by atoms with Gasteiger partial charge >= 0.3 is 0 Å². The first-order valence-electron chi connectivity index (χ1n) is 7.21. The summed E-state index contributed by atoms with van der Waals surface area (Å²) in [4.78, 5) is 16.6. The number of benzene rings is 2. The minimum absolute atomic E-state index is 0.279. The number of carbonyl (C=O) groups is 1. The number of nitriles is 1. The van der Waals surface area contributed by atoms with Crippen LogP contribution in [0, 0.1) is 11.3 Å². The molecule has 0 spiro atoms. The maximum atomic E-state index is 12.2. The minimum Gasteiger partial charge on any atom is -0.495 e. The number of thiazole rings is 1. The number of carbonyl (C=O) groups excluding carboxylic acids is 1. The number of halogens is 1. The first-order chi connectivity index (χ1) is 12.1. The van der Waals surface area contributed by atoms with Crippen molar-refractivity contribution in [2.24, 2.45) is 0 Å². The molecule has 1 N–H and O–H groups in total. The fourth-order valence-electron chi connectivity index (χ4n) is 2.15. The van der Waals surface area contributed by atoms with Gasteiger partial charge in [0.25, 0.3) is 5.91 Å². The van der Waals surface area contributed by atoms with Crippen molar-refractivity contribution in [3.8, 4) is 23.1 Å². The number of anilines is 1. The fraction of sp³-hybridized carbons (Fsp3) is 0.0556. The van der Waals surface area contributed by atoms with E-state index in [0.29, 0.717) is 32.7 Å². The minimum atomic E-state index is -0.279. The summed E-state index contributed by atoms with van der Waals surface area (Å²) in [7, 11) is 1.56. The van der Waals surface area contributed by atoms with Gasteiger partial charge in [-0.25, -0.2) is 4.98 Å². The molecule has 0 aliphatic carbocycles. The van der Waals surface area contributed by atoms with E-state index in [-0.39, 0.29) is 5.91 Å². The second kappa shape index (κ2) is 7.34. The highest BCUT2D eigenvalue weighted by Gasteiger charge is 2.11. The van der Waals surface area contributed by atoms with E-state index in [9.17, 15) is 4.79 Å². The van der Waals surface area contributed by atoms with E-state index in [2.05, 4.69) is 10.3 Å². The number of hydrogen-bond donors (Lipinski definition) is 1. The molecule has 1 amide bonds. The summed E-state index contributed by atoms with van der Waals surface area (Å²) < 4.78 is 5.13. The number of methoxy groups -OCH3 is 1. The Labute approximate surface area is 153 Å². The maximum absolute atomic E-state index is 12.2. The van der Waals surface area contributed by atoms with Gasteiger partial charge in [0.05, 0.1) is 29.5 Å². The molecule has 7 heteroatoms. The molecule has 0 bridgehead atoms. The first-order valence-corrected chi connectivity index (χ1v) is 8.47. The van der Waals surface area contributed by atoms with Crippen molar-refractivity contribution in [3.63, 3.8) is 0 Å². The van der Waals surface area contributed by atoms with Crippen molar-refractivity contribution in [2.45, 2.75) is 0 Å². The van der Waals surface area contributed by atoms with Gasteiger partial charge in [-0.05, 0) is 42.5 Å². The Morgan fingerprint density at radius 1 is 1.28 bits per heavy atom. The highest BCUT2D eigenvalue weighted by Crippen LogP contribution is 2.31. The summed E-state index contributed by atoms with van der Waals surface area (Å²) in [5.41, 5.74) is 2.51. The van der Waals surface area contributed by atoms with Crippen molar-refractivity contribution in [3.05, 3.63) is 64.0 Å². The fourth-order valence-corrected chi connectivity index (χ4v) is 3.13. The maximum Gasteiger partial charge on any atom is 0.257 e. The van der Waals surface area contributed by atoms with E-state index < -0.39 is 0 Å². The summed E-state index contributed by atoms with van der Waals surface area (Å²) in [5.74, 6) is 0.313. The molecule has 2 aromatic carbocycles. The van der Waals surface area contributed by atoms with Crippen LogP contribution in [0.4, 0.5) is 5.13 Å². The summed E-state index contributed by atoms with van der Waals surface area (Å²) >= 11 is 7.45. The predicted molar refractivity (Wildman–Crippen MR) is 98.2 cm³/mol. The van der Waals surface area contributed by atoms with Gasteiger partial charge in [0, 0.05) is 16.5 Å². The van der Waals surface area contributed by atoms with Crippen LogP contribution in [-0.2, 0) is 0 Å². The van der Waals surface area contributed by atoms with Crippen molar-refractivity contribution < 1.29 is 9.53 Å². The zero-order valence-electron chi connectivity index (χ0n) is 13.1. The van der Waals surface area contributed by atoms with Crippen LogP contribution in [0.1, 0.15) is 15.9 Å². The second-order valence-corrected chi connectivity index (χ2v) is 6.30. The zero-order chi connectivity index (χ0) is 17.8. The molecule has 0 aliphatic heterocycles. The predicted octanol–water partition coefficient (Wildman–Crippen LogP) is 4.60. The van der Waals surface area contributed by atoms with E-state index in [4.69, 9.17) is 21.6 Å². The van der Waals surface area contributed by atoms with Gasteiger partial charge in [0.2, 0.25) is 0 Å². The monoisotopic (exact) mass is 369 g/mol. The number of amides is 1. The van der Waals surface area contributed by atoms with Crippen LogP contribution in [-0.4, -0.2) is 18.0 Å². The summed E-state index contributed by atoms with van der Waals surface area (Å²) in [5, 5.41) is 14.4. The molecule has 0 atom stereocenters. The number of nitrogens with zero attached hydrogens (tertiary/aromatic N) is 2. The van der Waals surface area contributed by atoms with E-state index in [0.717, 1.165) is 5.56 Å². The Kier molecular flexibility index (Phi) is 4.98. The van der Waals surface area contributed by atoms with Crippen LogP contribution >= 0.6 is 22.9 Å². The van der Waals surface area contributed by atoms with Crippen LogP contribution in [0.2, 0.25) is 5.02 Å². The van der Waals surface area contributed by atoms with Crippen LogP contribution < -0.4 is 10.1 Å². The van der Waals surface area contributed by atoms with Crippen molar-refractivity contribution in [1.82, 2.24) is 4.98 Å². The standard InChI is InChI=1S/C18H12ClN3O2S/c1-24-16-7-6-13(8-14(16)19)15-10-25-18(21-15)22-17(23)12-4-2-11(9-20)3-5-12/h2-8,10H,1H3,(H,21,22,23). The van der Waals surface area contributed by atoms with Gasteiger partial charge in [-0.15, -0.1) is 11.3 Å². The number of aromatic nitrogens is 1. The summed E-state index contributed by atoms with van der Waals surface area (Å²) in [6.45, 7) is 0. The number of hydrogen-bond acceptors (Lipinski definition) is 5. The molecule has 5 nitrogen and oxygen atoms in total. The average molecular weight is 370 g/mol. The van der Waals surface area contributed by atoms with E-state index in [1.165, 1.54) is 11.3 Å². The smallest absolute Gasteiger partial charge is 0.257 e. The Morgan fingerprint density at radius 3 is 2.68 bits per heavy atom. The second-order valence-electron chi connectivity index (χ2n) is 5.03. The van der Waals surface area contributed by atoms with Gasteiger partial charge in [0.1, 0.15) is 5.75 Å². The molecule has 0 saturated heterocycles. The topological polar surface area (TPSA) is 75.0 Å². The van der Waals surface area contributed by atoms with E-state index >= 15 is 0 Å². The first kappa shape index (κ1) is 17.0. The molecule has 0 unspecified atom stereocenters. The Hall–Kier alpha value is -2.88. The molecule has 0 saturated carbocycles. The Morgan fingerprint density at radius 2 is 2.04 bits per heavy atom. The van der Waals surface area contributed by atoms with E-state index in [1.54, 1.807) is 43.5 Å². The number of nitrogens with one attached hydrogen (secondary N) is 1. The SMILES string of the molecule is COc1ccc(-c2csc(NC(=O)c3ccc(C#N)cc3)n2)cc1Cl. The van der Waals surface area contributed by atoms with Crippen LogP contribution in [0.3, 0.4) is 0 Å². The normalized spacial score (nSPS) is 10.1. The Balaban J connectivity index is 1.76. The highest BCUT2D eigenvalue weighted by atomic mass is 35.5. The van der Waals surface area contributed by atoms with Gasteiger partial charge in [0.15, 0.2) is 5.13 Å². The van der Waals surface area contributed by atoms with Crippen LogP contribution in [0.5, 0.6) is 5.75 Å². The third-order valence-corrected chi connectivity index (χ3v) is 4.50. The molecular formula is C18H12ClN3O2S. The quantitative estimate of drug-likeness (QED) is 0.729. The molecule has 0 radical (unpaired) electrons. The number of rotatable bonds is 4. The molecule has 1 heterocycles. The van der Waals surface area contributed by atoms with Crippen LogP contribution in [0.15, 0.2) is 47.8 Å². The third kappa shape index (κ3) is 3.79. The highest BCUT2D eigenvalue weighted by molar-refractivity contribution is 7.14. The lowest BCUT2D eigenvalue weighted by molar-refractivity contribution is 0.102. The van der Waals surface area contributed by atoms with Crippen molar-refractivity contribution >= 4 is 34.0 Å². The molecule has 1 aromatic heterocycles. The van der Waals surface area contributed by atoms with Crippen molar-refractivity contribution in [1.29, 1.82) is 5.26 Å². The summed E-state index contributed by atoms with van der Waals surface area (Å²) in [6, 6.07) is 13.8. The van der Waals surface area contributed by atoms with Gasteiger partial charge in [-0.3, -0.25) is 10.1 Å². The molecule has 124 valence electrons. The van der Waals surface area contributed by atoms with Gasteiger partial charge < -0.3 is 4.74 Å². The van der Waals surface area contributed by atoms with Gasteiger partial charge in [-0.1, -0.05) is 11.6 Å². The molecule has 3 rings (SSSR count). The average Bonchev–Trinajstić information content (AvgIpc) is 3.10. The lowest BCUT2D eigenvalue weighted by Crippen LogP contribution is -2.11. The molecule has 0 fully saturated rings. The largest absolute Gasteiger partial charge is 0.495 e. The number of ether oxygens (including phenoxy) is 1. The third-order valence-electron chi connectivity index (χ3n) is 3.45. The van der Waals surface area contributed by atoms with Crippen LogP contribution in [0.25, 0.3) is 11.3 Å². The molecular weight excluding hydrogens is 358 g/mol.